The van der Waals surface area contributed by atoms with Gasteiger partial charge in [-0.3, -0.25) is 9.59 Å². The van der Waals surface area contributed by atoms with Gasteiger partial charge in [-0.2, -0.15) is 0 Å². The van der Waals surface area contributed by atoms with Crippen LogP contribution in [0.15, 0.2) is 0 Å². The standard InChI is InChI=1S/C10H19NO4/c1-5(2)6(8(12)13)7(9(14)15)10(3,4)11/h5-7H,11H2,1-4H3,(H,12,13)(H,14,15). The van der Waals surface area contributed by atoms with Gasteiger partial charge in [0.15, 0.2) is 0 Å². The second-order valence-corrected chi connectivity index (χ2v) is 4.75. The summed E-state index contributed by atoms with van der Waals surface area (Å²) >= 11 is 0. The fourth-order valence-corrected chi connectivity index (χ4v) is 1.75. The molecule has 15 heavy (non-hydrogen) atoms. The Bertz CT molecular complexity index is 255. The summed E-state index contributed by atoms with van der Waals surface area (Å²) in [5.74, 6) is -4.61. The van der Waals surface area contributed by atoms with Gasteiger partial charge in [0.25, 0.3) is 0 Å². The van der Waals surface area contributed by atoms with E-state index in [1.807, 2.05) is 0 Å². The summed E-state index contributed by atoms with van der Waals surface area (Å²) in [6.45, 7) is 6.43. The lowest BCUT2D eigenvalue weighted by molar-refractivity contribution is -0.158. The van der Waals surface area contributed by atoms with Crippen molar-refractivity contribution in [3.8, 4) is 0 Å². The average Bonchev–Trinajstić information content (AvgIpc) is 1.94. The lowest BCUT2D eigenvalue weighted by Gasteiger charge is -2.33. The molecule has 0 fully saturated rings. The molecule has 5 nitrogen and oxygen atoms in total. The molecule has 88 valence electrons. The number of carboxylic acid groups (broad SMARTS) is 2. The Morgan fingerprint density at radius 2 is 1.53 bits per heavy atom. The van der Waals surface area contributed by atoms with Crippen LogP contribution < -0.4 is 5.73 Å². The Morgan fingerprint density at radius 3 is 1.60 bits per heavy atom. The maximum Gasteiger partial charge on any atom is 0.309 e. The number of rotatable bonds is 5. The molecule has 0 aliphatic rings. The first-order valence-corrected chi connectivity index (χ1v) is 4.83. The summed E-state index contributed by atoms with van der Waals surface area (Å²) in [4.78, 5) is 22.1. The van der Waals surface area contributed by atoms with E-state index in [4.69, 9.17) is 15.9 Å². The molecule has 0 saturated carbocycles. The van der Waals surface area contributed by atoms with Gasteiger partial charge in [0.1, 0.15) is 0 Å². The molecule has 5 heteroatoms. The van der Waals surface area contributed by atoms with E-state index in [0.717, 1.165) is 0 Å². The van der Waals surface area contributed by atoms with Crippen molar-refractivity contribution in [3.63, 3.8) is 0 Å². The average molecular weight is 217 g/mol. The maximum absolute atomic E-state index is 11.1. The van der Waals surface area contributed by atoms with E-state index in [1.165, 1.54) is 13.8 Å². The third-order valence-electron chi connectivity index (χ3n) is 2.43. The van der Waals surface area contributed by atoms with E-state index in [-0.39, 0.29) is 5.92 Å². The Labute approximate surface area is 89.3 Å². The zero-order valence-electron chi connectivity index (χ0n) is 9.52. The molecule has 0 spiro atoms. The molecule has 0 aromatic rings. The first-order valence-electron chi connectivity index (χ1n) is 4.83. The molecular weight excluding hydrogens is 198 g/mol. The molecule has 0 aliphatic heterocycles. The smallest absolute Gasteiger partial charge is 0.309 e. The minimum Gasteiger partial charge on any atom is -0.481 e. The van der Waals surface area contributed by atoms with Crippen LogP contribution in [0.25, 0.3) is 0 Å². The first kappa shape index (κ1) is 13.9. The van der Waals surface area contributed by atoms with Crippen molar-refractivity contribution in [2.24, 2.45) is 23.5 Å². The fraction of sp³-hybridized carbons (Fsp3) is 0.800. The van der Waals surface area contributed by atoms with Gasteiger partial charge in [-0.15, -0.1) is 0 Å². The van der Waals surface area contributed by atoms with E-state index in [0.29, 0.717) is 0 Å². The molecule has 0 rings (SSSR count). The van der Waals surface area contributed by atoms with Gasteiger partial charge in [-0.1, -0.05) is 13.8 Å². The van der Waals surface area contributed by atoms with Gasteiger partial charge in [-0.25, -0.2) is 0 Å². The van der Waals surface area contributed by atoms with E-state index in [9.17, 15) is 9.59 Å². The van der Waals surface area contributed by atoms with Crippen molar-refractivity contribution in [1.82, 2.24) is 0 Å². The maximum atomic E-state index is 11.1. The Balaban J connectivity index is 5.21. The van der Waals surface area contributed by atoms with Crippen LogP contribution in [0, 0.1) is 17.8 Å². The van der Waals surface area contributed by atoms with Crippen LogP contribution in [0.2, 0.25) is 0 Å². The second-order valence-electron chi connectivity index (χ2n) is 4.75. The zero-order chi connectivity index (χ0) is 12.4. The zero-order valence-corrected chi connectivity index (χ0v) is 9.52. The number of carbonyl (C=O) groups is 2. The predicted octanol–water partition coefficient (Wildman–Crippen LogP) is 0.781. The first-order chi connectivity index (χ1) is 6.59. The molecular formula is C10H19NO4. The molecule has 0 amide bonds. The summed E-state index contributed by atoms with van der Waals surface area (Å²) in [6, 6.07) is 0. The number of aliphatic carboxylic acids is 2. The van der Waals surface area contributed by atoms with Gasteiger partial charge in [0, 0.05) is 5.54 Å². The third kappa shape index (κ3) is 3.51. The van der Waals surface area contributed by atoms with Gasteiger partial charge in [0.05, 0.1) is 11.8 Å². The van der Waals surface area contributed by atoms with Crippen LogP contribution in [0.4, 0.5) is 0 Å². The molecule has 2 atom stereocenters. The van der Waals surface area contributed by atoms with Crippen molar-refractivity contribution in [1.29, 1.82) is 0 Å². The highest BCUT2D eigenvalue weighted by molar-refractivity contribution is 5.81. The highest BCUT2D eigenvalue weighted by Gasteiger charge is 2.43. The van der Waals surface area contributed by atoms with Gasteiger partial charge in [-0.05, 0) is 19.8 Å². The summed E-state index contributed by atoms with van der Waals surface area (Å²) < 4.78 is 0. The van der Waals surface area contributed by atoms with Crippen LogP contribution in [-0.2, 0) is 9.59 Å². The lowest BCUT2D eigenvalue weighted by atomic mass is 9.73. The summed E-state index contributed by atoms with van der Waals surface area (Å²) in [6.07, 6.45) is 0. The Hall–Kier alpha value is -1.10. The summed E-state index contributed by atoms with van der Waals surface area (Å²) in [5, 5.41) is 18.0. The van der Waals surface area contributed by atoms with Crippen LogP contribution in [0.3, 0.4) is 0 Å². The van der Waals surface area contributed by atoms with Crippen LogP contribution in [0.1, 0.15) is 27.7 Å². The number of hydrogen-bond donors (Lipinski definition) is 3. The minimum absolute atomic E-state index is 0.272. The van der Waals surface area contributed by atoms with Gasteiger partial charge < -0.3 is 15.9 Å². The number of hydrogen-bond acceptors (Lipinski definition) is 3. The van der Waals surface area contributed by atoms with E-state index < -0.39 is 29.3 Å². The van der Waals surface area contributed by atoms with Gasteiger partial charge in [0.2, 0.25) is 0 Å². The molecule has 0 aromatic heterocycles. The van der Waals surface area contributed by atoms with Gasteiger partial charge >= 0.3 is 11.9 Å². The SMILES string of the molecule is CC(C)C(C(=O)O)C(C(=O)O)C(C)(C)N. The largest absolute Gasteiger partial charge is 0.481 e. The molecule has 4 N–H and O–H groups in total. The van der Waals surface area contributed by atoms with E-state index in [1.54, 1.807) is 13.8 Å². The highest BCUT2D eigenvalue weighted by Crippen LogP contribution is 2.29. The normalized spacial score (nSPS) is 16.1. The van der Waals surface area contributed by atoms with E-state index >= 15 is 0 Å². The van der Waals surface area contributed by atoms with Crippen molar-refractivity contribution in [3.05, 3.63) is 0 Å². The Kier molecular flexibility index (Phi) is 4.27. The predicted molar refractivity (Wildman–Crippen MR) is 55.4 cm³/mol. The van der Waals surface area contributed by atoms with Crippen LogP contribution in [0.5, 0.6) is 0 Å². The number of nitrogens with two attached hydrogens (primary N) is 1. The molecule has 0 aromatic carbocycles. The van der Waals surface area contributed by atoms with E-state index in [2.05, 4.69) is 0 Å². The molecule has 0 bridgehead atoms. The molecule has 0 radical (unpaired) electrons. The Morgan fingerprint density at radius 1 is 1.13 bits per heavy atom. The molecule has 0 aliphatic carbocycles. The minimum atomic E-state index is -1.16. The van der Waals surface area contributed by atoms with Crippen molar-refractivity contribution >= 4 is 11.9 Å². The van der Waals surface area contributed by atoms with Crippen LogP contribution in [-0.4, -0.2) is 27.7 Å². The summed E-state index contributed by atoms with van der Waals surface area (Å²) in [5.41, 5.74) is 4.66. The number of carboxylic acids is 2. The molecule has 0 saturated heterocycles. The van der Waals surface area contributed by atoms with Crippen molar-refractivity contribution in [2.75, 3.05) is 0 Å². The lowest BCUT2D eigenvalue weighted by Crippen LogP contribution is -2.51. The summed E-state index contributed by atoms with van der Waals surface area (Å²) in [7, 11) is 0. The monoisotopic (exact) mass is 217 g/mol. The van der Waals surface area contributed by atoms with Crippen LogP contribution >= 0.6 is 0 Å². The molecule has 2 unspecified atom stereocenters. The highest BCUT2D eigenvalue weighted by atomic mass is 16.4. The topological polar surface area (TPSA) is 101 Å². The molecule has 0 heterocycles. The third-order valence-corrected chi connectivity index (χ3v) is 2.43. The van der Waals surface area contributed by atoms with Crippen molar-refractivity contribution < 1.29 is 19.8 Å². The second kappa shape index (κ2) is 4.61. The fourth-order valence-electron chi connectivity index (χ4n) is 1.75. The quantitative estimate of drug-likeness (QED) is 0.631. The van der Waals surface area contributed by atoms with Crippen molar-refractivity contribution in [2.45, 2.75) is 33.2 Å².